The molecule has 0 saturated carbocycles. The van der Waals surface area contributed by atoms with Crippen LogP contribution in [0.4, 0.5) is 0 Å². The summed E-state index contributed by atoms with van der Waals surface area (Å²) in [6, 6.07) is -1.07. The van der Waals surface area contributed by atoms with Gasteiger partial charge in [-0.1, -0.05) is 239 Å². The smallest absolute Gasteiger partial charge is 0.306 e. The van der Waals surface area contributed by atoms with Crippen LogP contribution in [0.2, 0.25) is 0 Å². The molecule has 1 amide bonds. The lowest BCUT2D eigenvalue weighted by atomic mass is 9.99. The van der Waals surface area contributed by atoms with Gasteiger partial charge in [-0.15, -0.1) is 0 Å². The zero-order valence-electron chi connectivity index (χ0n) is 48.5. The van der Waals surface area contributed by atoms with Crippen molar-refractivity contribution in [2.75, 3.05) is 13.2 Å². The second-order valence-electron chi connectivity index (χ2n) is 20.7. The molecule has 8 unspecified atom stereocenters. The molecule has 1 aliphatic rings. The van der Waals surface area contributed by atoms with Gasteiger partial charge in [0, 0.05) is 12.8 Å². The Morgan fingerprint density at radius 2 is 0.935 bits per heavy atom. The monoisotopic (exact) mass is 1080 g/mol. The van der Waals surface area contributed by atoms with Crippen LogP contribution in [-0.4, -0.2) is 99.6 Å². The van der Waals surface area contributed by atoms with Crippen LogP contribution in [0.15, 0.2) is 109 Å². The molecule has 77 heavy (non-hydrogen) atoms. The van der Waals surface area contributed by atoms with Gasteiger partial charge in [-0.3, -0.25) is 9.59 Å². The first-order valence-corrected chi connectivity index (χ1v) is 30.7. The van der Waals surface area contributed by atoms with Crippen LogP contribution in [0.3, 0.4) is 0 Å². The maximum absolute atomic E-state index is 13.4. The molecule has 6 N–H and O–H groups in total. The number of aliphatic hydroxyl groups excluding tert-OH is 5. The number of nitrogens with one attached hydrogen (secondary N) is 1. The molecule has 11 nitrogen and oxygen atoms in total. The van der Waals surface area contributed by atoms with E-state index >= 15 is 0 Å². The van der Waals surface area contributed by atoms with Crippen LogP contribution in [0.5, 0.6) is 0 Å². The van der Waals surface area contributed by atoms with E-state index in [2.05, 4.69) is 105 Å². The molecule has 0 aromatic rings. The summed E-state index contributed by atoms with van der Waals surface area (Å²) in [6.07, 6.45) is 61.4. The summed E-state index contributed by atoms with van der Waals surface area (Å²) >= 11 is 0. The molecule has 0 radical (unpaired) electrons. The number of amides is 1. The van der Waals surface area contributed by atoms with Crippen molar-refractivity contribution in [1.82, 2.24) is 5.32 Å². The van der Waals surface area contributed by atoms with Crippen LogP contribution in [0.25, 0.3) is 0 Å². The first-order valence-electron chi connectivity index (χ1n) is 30.7. The Bertz CT molecular complexity index is 1660. The zero-order chi connectivity index (χ0) is 56.1. The average molecular weight is 1080 g/mol. The highest BCUT2D eigenvalue weighted by molar-refractivity contribution is 5.81. The Morgan fingerprint density at radius 1 is 0.519 bits per heavy atom. The van der Waals surface area contributed by atoms with Gasteiger partial charge in [0.05, 0.1) is 25.4 Å². The molecule has 11 heteroatoms. The molecule has 0 spiro atoms. The molecule has 0 bridgehead atoms. The predicted octanol–water partition coefficient (Wildman–Crippen LogP) is 14.5. The molecule has 440 valence electrons. The predicted molar refractivity (Wildman–Crippen MR) is 319 cm³/mol. The minimum absolute atomic E-state index is 0.0525. The molecule has 0 aromatic carbocycles. The molecular weight excluding hydrogens is 967 g/mol. The maximum atomic E-state index is 13.4. The van der Waals surface area contributed by atoms with Gasteiger partial charge in [-0.05, 0) is 89.9 Å². The molecule has 1 heterocycles. The Kier molecular flexibility index (Phi) is 49.1. The fourth-order valence-corrected chi connectivity index (χ4v) is 8.81. The van der Waals surface area contributed by atoms with Crippen molar-refractivity contribution in [2.45, 2.75) is 282 Å². The molecule has 8 atom stereocenters. The standard InChI is InChI=1S/C66H111NO10/c1-4-7-10-13-16-19-22-24-26-28-30-32-34-36-39-42-45-48-51-54-61(71)77-64-63(73)62(72)60(55-68)76-66(64)75-56-57(58(69)52-49-46-43-40-37-21-18-15-12-9-6-3)67-65(74)59(70)53-50-47-44-41-38-35-33-31-29-27-25-23-20-17-14-11-8-5-2/h8,11,16-17,19-20,24-27,31,33,38,41,47,49-50,52,57-60,62-64,66,68-70,72-73H,4-7,9-10,12-15,18,21-23,28-30,32,34-37,39-40,42-46,48,51,53-56H2,1-3H3,(H,67,74)/b11-8-,19-16-,20-17-,26-24-,27-25-,33-31-,41-38-,50-47-,52-49+. The Labute approximate surface area is 468 Å². The molecule has 0 aliphatic carbocycles. The lowest BCUT2D eigenvalue weighted by Crippen LogP contribution is -2.61. The van der Waals surface area contributed by atoms with E-state index in [1.807, 2.05) is 18.2 Å². The van der Waals surface area contributed by atoms with Gasteiger partial charge in [0.15, 0.2) is 12.4 Å². The van der Waals surface area contributed by atoms with Gasteiger partial charge in [-0.2, -0.15) is 0 Å². The van der Waals surface area contributed by atoms with E-state index < -0.39 is 67.4 Å². The minimum Gasteiger partial charge on any atom is -0.454 e. The fraction of sp³-hybridized carbons (Fsp3) is 0.697. The number of hydrogen-bond acceptors (Lipinski definition) is 10. The van der Waals surface area contributed by atoms with E-state index in [0.29, 0.717) is 12.8 Å². The summed E-state index contributed by atoms with van der Waals surface area (Å²) in [6.45, 7) is 5.58. The number of allylic oxidation sites excluding steroid dienone is 16. The number of ether oxygens (including phenoxy) is 3. The molecular formula is C66H111NO10. The second kappa shape index (κ2) is 53.0. The van der Waals surface area contributed by atoms with Crippen LogP contribution in [-0.2, 0) is 23.8 Å². The maximum Gasteiger partial charge on any atom is 0.306 e. The summed E-state index contributed by atoms with van der Waals surface area (Å²) in [7, 11) is 0. The molecule has 1 rings (SSSR count). The van der Waals surface area contributed by atoms with Crippen molar-refractivity contribution >= 4 is 11.9 Å². The lowest BCUT2D eigenvalue weighted by Gasteiger charge is -2.41. The topological polar surface area (TPSA) is 175 Å². The van der Waals surface area contributed by atoms with E-state index in [4.69, 9.17) is 14.2 Å². The third-order valence-corrected chi connectivity index (χ3v) is 13.7. The quantitative estimate of drug-likeness (QED) is 0.0195. The van der Waals surface area contributed by atoms with Crippen molar-refractivity contribution in [1.29, 1.82) is 0 Å². The lowest BCUT2D eigenvalue weighted by molar-refractivity contribution is -0.305. The van der Waals surface area contributed by atoms with Crippen molar-refractivity contribution < 1.29 is 49.3 Å². The van der Waals surface area contributed by atoms with E-state index in [1.165, 1.54) is 89.9 Å². The zero-order valence-corrected chi connectivity index (χ0v) is 48.5. The van der Waals surface area contributed by atoms with Gasteiger partial charge >= 0.3 is 5.97 Å². The Hall–Kier alpha value is -3.68. The van der Waals surface area contributed by atoms with Crippen LogP contribution in [0.1, 0.15) is 233 Å². The number of unbranched alkanes of at least 4 members (excludes halogenated alkanes) is 21. The van der Waals surface area contributed by atoms with E-state index in [1.54, 1.807) is 12.2 Å². The summed E-state index contributed by atoms with van der Waals surface area (Å²) in [5, 5.41) is 56.8. The van der Waals surface area contributed by atoms with Crippen molar-refractivity contribution in [2.24, 2.45) is 0 Å². The molecule has 1 aliphatic heterocycles. The number of esters is 1. The minimum atomic E-state index is -1.63. The van der Waals surface area contributed by atoms with E-state index in [-0.39, 0.29) is 19.4 Å². The van der Waals surface area contributed by atoms with Crippen LogP contribution < -0.4 is 5.32 Å². The highest BCUT2D eigenvalue weighted by atomic mass is 16.7. The molecule has 0 aromatic heterocycles. The summed E-state index contributed by atoms with van der Waals surface area (Å²) in [5.74, 6) is -1.30. The number of hydrogen-bond donors (Lipinski definition) is 6. The summed E-state index contributed by atoms with van der Waals surface area (Å²) in [4.78, 5) is 26.5. The highest BCUT2D eigenvalue weighted by Gasteiger charge is 2.47. The first kappa shape index (κ1) is 71.3. The molecule has 1 saturated heterocycles. The molecule has 1 fully saturated rings. The van der Waals surface area contributed by atoms with E-state index in [9.17, 15) is 35.1 Å². The Morgan fingerprint density at radius 3 is 1.43 bits per heavy atom. The third-order valence-electron chi connectivity index (χ3n) is 13.7. The average Bonchev–Trinajstić information content (AvgIpc) is 3.43. The summed E-state index contributed by atoms with van der Waals surface area (Å²) < 4.78 is 17.6. The second-order valence-corrected chi connectivity index (χ2v) is 20.7. The van der Waals surface area contributed by atoms with Gasteiger partial charge in [0.1, 0.15) is 24.4 Å². The van der Waals surface area contributed by atoms with Crippen LogP contribution >= 0.6 is 0 Å². The number of aliphatic hydroxyl groups is 5. The van der Waals surface area contributed by atoms with Gasteiger partial charge in [0.25, 0.3) is 0 Å². The van der Waals surface area contributed by atoms with Crippen molar-refractivity contribution in [3.63, 3.8) is 0 Å². The first-order chi connectivity index (χ1) is 37.7. The Balaban J connectivity index is 2.73. The normalized spacial score (nSPS) is 19.8. The van der Waals surface area contributed by atoms with E-state index in [0.717, 1.165) is 96.3 Å². The van der Waals surface area contributed by atoms with Crippen molar-refractivity contribution in [3.8, 4) is 0 Å². The van der Waals surface area contributed by atoms with Crippen LogP contribution in [0, 0.1) is 0 Å². The highest BCUT2D eigenvalue weighted by Crippen LogP contribution is 2.26. The number of carbonyl (C=O) groups excluding carboxylic acids is 2. The number of carbonyl (C=O) groups is 2. The largest absolute Gasteiger partial charge is 0.454 e. The summed E-state index contributed by atoms with van der Waals surface area (Å²) in [5.41, 5.74) is 0. The number of rotatable bonds is 50. The van der Waals surface area contributed by atoms with Crippen molar-refractivity contribution in [3.05, 3.63) is 109 Å². The third kappa shape index (κ3) is 41.1. The van der Waals surface area contributed by atoms with Gasteiger partial charge in [0.2, 0.25) is 5.91 Å². The fourth-order valence-electron chi connectivity index (χ4n) is 8.81. The SMILES string of the molecule is CC/C=C\C/C=C\C/C=C\C/C=C\C/C=C\C/C=C\CC(O)C(=O)NC(COC1OC(CO)C(O)C(O)C1OC(=O)CCCCCCCCCCC/C=C\C/C=C\CCCCC)C(O)/C=C/CCCCCCCCCCC. The van der Waals surface area contributed by atoms with Gasteiger partial charge in [-0.25, -0.2) is 0 Å². The van der Waals surface area contributed by atoms with Gasteiger partial charge < -0.3 is 45.1 Å².